The van der Waals surface area contributed by atoms with Gasteiger partial charge in [-0.15, -0.1) is 19.0 Å². The minimum atomic E-state index is 0. The molecule has 27 heavy (non-hydrogen) atoms. The SMILES string of the molecule is C=CCN(C)C.CCCCCCCCCCCCCCCCCCCC.Cl. The minimum absolute atomic E-state index is 0. The lowest BCUT2D eigenvalue weighted by atomic mass is 10.0. The van der Waals surface area contributed by atoms with E-state index in [0.29, 0.717) is 0 Å². The van der Waals surface area contributed by atoms with Crippen molar-refractivity contribution in [2.75, 3.05) is 20.6 Å². The normalized spacial score (nSPS) is 10.3. The van der Waals surface area contributed by atoms with E-state index >= 15 is 0 Å². The first-order chi connectivity index (χ1) is 12.7. The maximum atomic E-state index is 3.56. The Kier molecular flexibility index (Phi) is 36.0. The van der Waals surface area contributed by atoms with Gasteiger partial charge in [0.2, 0.25) is 0 Å². The number of hydrogen-bond donors (Lipinski definition) is 0. The van der Waals surface area contributed by atoms with Crippen LogP contribution in [-0.4, -0.2) is 25.5 Å². The number of nitrogens with zero attached hydrogens (tertiary/aromatic N) is 1. The molecule has 0 rings (SSSR count). The molecule has 1 nitrogen and oxygen atoms in total. The van der Waals surface area contributed by atoms with Crippen LogP contribution in [0, 0.1) is 0 Å². The van der Waals surface area contributed by atoms with E-state index in [1.54, 1.807) is 0 Å². The molecular formula is C25H54ClN. The van der Waals surface area contributed by atoms with E-state index in [1.165, 1.54) is 116 Å². The number of halogens is 1. The van der Waals surface area contributed by atoms with Crippen molar-refractivity contribution >= 4 is 12.4 Å². The van der Waals surface area contributed by atoms with Crippen molar-refractivity contribution in [1.29, 1.82) is 0 Å². The van der Waals surface area contributed by atoms with Crippen LogP contribution in [0.25, 0.3) is 0 Å². The number of unbranched alkanes of at least 4 members (excludes halogenated alkanes) is 17. The van der Waals surface area contributed by atoms with Gasteiger partial charge in [0.25, 0.3) is 0 Å². The van der Waals surface area contributed by atoms with Gasteiger partial charge in [-0.25, -0.2) is 0 Å². The average Bonchev–Trinajstić information content (AvgIpc) is 2.62. The van der Waals surface area contributed by atoms with Gasteiger partial charge in [0.05, 0.1) is 0 Å². The number of hydrogen-bond acceptors (Lipinski definition) is 1. The first-order valence-corrected chi connectivity index (χ1v) is 11.9. The van der Waals surface area contributed by atoms with E-state index in [4.69, 9.17) is 0 Å². The largest absolute Gasteiger partial charge is 0.306 e. The molecule has 0 aliphatic heterocycles. The van der Waals surface area contributed by atoms with Gasteiger partial charge < -0.3 is 4.90 Å². The molecule has 0 aromatic rings. The highest BCUT2D eigenvalue weighted by atomic mass is 35.5. The van der Waals surface area contributed by atoms with Gasteiger partial charge in [-0.05, 0) is 14.1 Å². The summed E-state index contributed by atoms with van der Waals surface area (Å²) in [5.74, 6) is 0. The molecule has 0 aliphatic carbocycles. The van der Waals surface area contributed by atoms with Crippen molar-refractivity contribution in [3.8, 4) is 0 Å². The Morgan fingerprint density at radius 3 is 0.852 bits per heavy atom. The fourth-order valence-corrected chi connectivity index (χ4v) is 3.23. The lowest BCUT2D eigenvalue weighted by molar-refractivity contribution is 0.457. The molecule has 0 N–H and O–H groups in total. The van der Waals surface area contributed by atoms with Gasteiger partial charge in [-0.1, -0.05) is 135 Å². The Morgan fingerprint density at radius 1 is 0.519 bits per heavy atom. The summed E-state index contributed by atoms with van der Waals surface area (Å²) < 4.78 is 0. The Hall–Kier alpha value is -0.0100. The Bertz CT molecular complexity index is 222. The minimum Gasteiger partial charge on any atom is -0.306 e. The lowest BCUT2D eigenvalue weighted by Crippen LogP contribution is -2.09. The molecule has 0 saturated heterocycles. The molecular weight excluding hydrogens is 350 g/mol. The molecule has 0 aromatic heterocycles. The third-order valence-electron chi connectivity index (χ3n) is 4.95. The predicted molar refractivity (Wildman–Crippen MR) is 130 cm³/mol. The quantitative estimate of drug-likeness (QED) is 0.153. The molecule has 0 heterocycles. The van der Waals surface area contributed by atoms with Gasteiger partial charge in [-0.2, -0.15) is 0 Å². The molecule has 0 amide bonds. The summed E-state index contributed by atoms with van der Waals surface area (Å²) in [6, 6.07) is 0. The Morgan fingerprint density at radius 2 is 0.741 bits per heavy atom. The molecule has 0 aliphatic rings. The molecule has 0 spiro atoms. The number of likely N-dealkylation sites (N-methyl/N-ethyl adjacent to an activating group) is 1. The number of rotatable bonds is 19. The molecule has 0 saturated carbocycles. The Labute approximate surface area is 180 Å². The average molecular weight is 404 g/mol. The van der Waals surface area contributed by atoms with Gasteiger partial charge in [0.15, 0.2) is 0 Å². The topological polar surface area (TPSA) is 3.24 Å². The van der Waals surface area contributed by atoms with E-state index in [0.717, 1.165) is 6.54 Å². The van der Waals surface area contributed by atoms with Crippen LogP contribution in [0.3, 0.4) is 0 Å². The van der Waals surface area contributed by atoms with Crippen molar-refractivity contribution in [3.05, 3.63) is 12.7 Å². The van der Waals surface area contributed by atoms with Crippen molar-refractivity contribution < 1.29 is 0 Å². The fourth-order valence-electron chi connectivity index (χ4n) is 3.23. The zero-order chi connectivity index (χ0) is 19.7. The van der Waals surface area contributed by atoms with Crippen LogP contribution < -0.4 is 0 Å². The van der Waals surface area contributed by atoms with Crippen molar-refractivity contribution in [3.63, 3.8) is 0 Å². The first kappa shape index (κ1) is 31.7. The van der Waals surface area contributed by atoms with Crippen LogP contribution in [0.5, 0.6) is 0 Å². The van der Waals surface area contributed by atoms with Gasteiger partial charge in [0.1, 0.15) is 0 Å². The second kappa shape index (κ2) is 30.7. The first-order valence-electron chi connectivity index (χ1n) is 11.9. The summed E-state index contributed by atoms with van der Waals surface area (Å²) in [4.78, 5) is 2.06. The van der Waals surface area contributed by atoms with Crippen LogP contribution in [0.1, 0.15) is 129 Å². The Balaban J connectivity index is -0.000000709. The molecule has 0 atom stereocenters. The summed E-state index contributed by atoms with van der Waals surface area (Å²) in [5, 5.41) is 0. The van der Waals surface area contributed by atoms with E-state index in [1.807, 2.05) is 20.2 Å². The van der Waals surface area contributed by atoms with Crippen LogP contribution in [-0.2, 0) is 0 Å². The molecule has 0 fully saturated rings. The highest BCUT2D eigenvalue weighted by Gasteiger charge is 1.94. The zero-order valence-electron chi connectivity index (χ0n) is 19.6. The van der Waals surface area contributed by atoms with Gasteiger partial charge >= 0.3 is 0 Å². The smallest absolute Gasteiger partial charge is 0.0154 e. The van der Waals surface area contributed by atoms with E-state index < -0.39 is 0 Å². The third-order valence-corrected chi connectivity index (χ3v) is 4.95. The molecule has 0 radical (unpaired) electrons. The highest BCUT2D eigenvalue weighted by Crippen LogP contribution is 2.14. The van der Waals surface area contributed by atoms with E-state index in [-0.39, 0.29) is 12.4 Å². The van der Waals surface area contributed by atoms with Crippen LogP contribution >= 0.6 is 12.4 Å². The van der Waals surface area contributed by atoms with Crippen LogP contribution in [0.4, 0.5) is 0 Å². The monoisotopic (exact) mass is 403 g/mol. The molecule has 0 aromatic carbocycles. The van der Waals surface area contributed by atoms with Gasteiger partial charge in [-0.3, -0.25) is 0 Å². The van der Waals surface area contributed by atoms with Crippen LogP contribution in [0.15, 0.2) is 12.7 Å². The van der Waals surface area contributed by atoms with E-state index in [9.17, 15) is 0 Å². The van der Waals surface area contributed by atoms with Crippen LogP contribution in [0.2, 0.25) is 0 Å². The summed E-state index contributed by atoms with van der Waals surface area (Å²) in [6.07, 6.45) is 28.3. The van der Waals surface area contributed by atoms with Crippen molar-refractivity contribution in [1.82, 2.24) is 4.90 Å². The zero-order valence-corrected chi connectivity index (χ0v) is 20.4. The highest BCUT2D eigenvalue weighted by molar-refractivity contribution is 5.85. The maximum Gasteiger partial charge on any atom is 0.0154 e. The van der Waals surface area contributed by atoms with Gasteiger partial charge in [0, 0.05) is 6.54 Å². The summed E-state index contributed by atoms with van der Waals surface area (Å²) in [5.41, 5.74) is 0. The molecule has 166 valence electrons. The van der Waals surface area contributed by atoms with E-state index in [2.05, 4.69) is 25.3 Å². The predicted octanol–water partition coefficient (Wildman–Crippen LogP) is 9.20. The molecule has 0 unspecified atom stereocenters. The summed E-state index contributed by atoms with van der Waals surface area (Å²) >= 11 is 0. The molecule has 2 heteroatoms. The maximum absolute atomic E-state index is 3.56. The lowest BCUT2D eigenvalue weighted by Gasteiger charge is -2.03. The molecule has 0 bridgehead atoms. The summed E-state index contributed by atoms with van der Waals surface area (Å²) in [7, 11) is 4.03. The second-order valence-electron chi connectivity index (χ2n) is 8.21. The van der Waals surface area contributed by atoms with Crippen molar-refractivity contribution in [2.45, 2.75) is 129 Å². The van der Waals surface area contributed by atoms with Crippen molar-refractivity contribution in [2.24, 2.45) is 0 Å². The fraction of sp³-hybridized carbons (Fsp3) is 0.920. The second-order valence-corrected chi connectivity index (χ2v) is 8.21. The summed E-state index contributed by atoms with van der Waals surface area (Å²) in [6.45, 7) is 9.13. The third kappa shape index (κ3) is 37.4. The standard InChI is InChI=1S/C20H42.C5H11N.ClH/c1-3-5-7-9-11-13-15-17-19-20-18-16-14-12-10-8-6-4-2;1-4-5-6(2)3;/h3-20H2,1-2H3;4H,1,5H2,2-3H3;1H.